The number of nitrogens with zero attached hydrogens (tertiary/aromatic N) is 5. The number of piperazine rings is 1. The van der Waals surface area contributed by atoms with Gasteiger partial charge in [-0.1, -0.05) is 12.1 Å². The number of ketones is 1. The molecule has 1 aromatic carbocycles. The number of Topliss-reactive ketones (excluding diaryl/α,β-unsaturated/α-hetero) is 1. The van der Waals surface area contributed by atoms with Crippen LogP contribution in [-0.2, 0) is 18.3 Å². The summed E-state index contributed by atoms with van der Waals surface area (Å²) in [7, 11) is 1.99. The summed E-state index contributed by atoms with van der Waals surface area (Å²) in [5, 5.41) is 2.20. The van der Waals surface area contributed by atoms with E-state index in [4.69, 9.17) is 0 Å². The van der Waals surface area contributed by atoms with Crippen LogP contribution < -0.4 is 0 Å². The zero-order valence-corrected chi connectivity index (χ0v) is 16.9. The van der Waals surface area contributed by atoms with E-state index in [1.165, 1.54) is 12.8 Å². The number of aryl methyl sites for hydroxylation is 1. The second-order valence-electron chi connectivity index (χ2n) is 8.39. The molecule has 3 aromatic rings. The molecule has 6 nitrogen and oxygen atoms in total. The minimum Gasteiger partial charge on any atom is -0.334 e. The van der Waals surface area contributed by atoms with Crippen molar-refractivity contribution in [3.63, 3.8) is 0 Å². The SMILES string of the molecule is Cn1cncc1-c1ccc2cnc(CC(=O)CN3CCN(C4CC4)CC3)cc2c1. The molecule has 1 aliphatic heterocycles. The highest BCUT2D eigenvalue weighted by molar-refractivity contribution is 5.88. The molecule has 150 valence electrons. The molecule has 0 spiro atoms. The summed E-state index contributed by atoms with van der Waals surface area (Å²) >= 11 is 0. The van der Waals surface area contributed by atoms with E-state index in [2.05, 4.69) is 44.0 Å². The fourth-order valence-corrected chi connectivity index (χ4v) is 4.31. The van der Waals surface area contributed by atoms with Gasteiger partial charge in [-0.3, -0.25) is 19.6 Å². The first-order valence-electron chi connectivity index (χ1n) is 10.5. The number of pyridine rings is 1. The fourth-order valence-electron chi connectivity index (χ4n) is 4.31. The molecule has 1 saturated heterocycles. The van der Waals surface area contributed by atoms with Crippen molar-refractivity contribution < 1.29 is 4.79 Å². The molecule has 5 rings (SSSR count). The summed E-state index contributed by atoms with van der Waals surface area (Å²) in [6, 6.07) is 9.20. The third-order valence-electron chi connectivity index (χ3n) is 6.14. The highest BCUT2D eigenvalue weighted by Gasteiger charge is 2.31. The zero-order valence-electron chi connectivity index (χ0n) is 16.9. The Balaban J connectivity index is 1.25. The predicted molar refractivity (Wildman–Crippen MR) is 114 cm³/mol. The number of hydrogen-bond acceptors (Lipinski definition) is 5. The van der Waals surface area contributed by atoms with E-state index in [-0.39, 0.29) is 5.78 Å². The number of aromatic nitrogens is 3. The molecule has 0 bridgehead atoms. The second-order valence-corrected chi connectivity index (χ2v) is 8.39. The van der Waals surface area contributed by atoms with Crippen molar-refractivity contribution in [1.29, 1.82) is 0 Å². The van der Waals surface area contributed by atoms with Gasteiger partial charge in [0.05, 0.1) is 31.2 Å². The first-order chi connectivity index (χ1) is 14.2. The number of carbonyl (C=O) groups excluding carboxylic acids is 1. The number of benzene rings is 1. The van der Waals surface area contributed by atoms with Crippen LogP contribution in [0.15, 0.2) is 43.0 Å². The van der Waals surface area contributed by atoms with Crippen molar-refractivity contribution >= 4 is 16.6 Å². The van der Waals surface area contributed by atoms with Crippen LogP contribution in [0.3, 0.4) is 0 Å². The smallest absolute Gasteiger partial charge is 0.152 e. The van der Waals surface area contributed by atoms with E-state index in [1.807, 2.05) is 24.0 Å². The highest BCUT2D eigenvalue weighted by atomic mass is 16.1. The van der Waals surface area contributed by atoms with Crippen LogP contribution in [0, 0.1) is 0 Å². The van der Waals surface area contributed by atoms with Crippen molar-refractivity contribution in [2.24, 2.45) is 7.05 Å². The summed E-state index contributed by atoms with van der Waals surface area (Å²) in [6.07, 6.45) is 8.66. The van der Waals surface area contributed by atoms with E-state index in [9.17, 15) is 4.79 Å². The Morgan fingerprint density at radius 3 is 2.62 bits per heavy atom. The lowest BCUT2D eigenvalue weighted by molar-refractivity contribution is -0.120. The van der Waals surface area contributed by atoms with Gasteiger partial charge < -0.3 is 4.57 Å². The van der Waals surface area contributed by atoms with Crippen molar-refractivity contribution in [2.45, 2.75) is 25.3 Å². The number of hydrogen-bond donors (Lipinski definition) is 0. The summed E-state index contributed by atoms with van der Waals surface area (Å²) in [6.45, 7) is 4.74. The lowest BCUT2D eigenvalue weighted by Gasteiger charge is -2.34. The zero-order chi connectivity index (χ0) is 19.8. The number of carbonyl (C=O) groups is 1. The predicted octanol–water partition coefficient (Wildman–Crippen LogP) is 2.53. The molecule has 0 unspecified atom stereocenters. The Labute approximate surface area is 171 Å². The van der Waals surface area contributed by atoms with Gasteiger partial charge in [-0.25, -0.2) is 4.98 Å². The Hall–Kier alpha value is -2.57. The average Bonchev–Trinajstić information content (AvgIpc) is 3.48. The van der Waals surface area contributed by atoms with Gasteiger partial charge in [-0.15, -0.1) is 0 Å². The summed E-state index contributed by atoms with van der Waals surface area (Å²) < 4.78 is 2.01. The van der Waals surface area contributed by atoms with Gasteiger partial charge in [-0.2, -0.15) is 0 Å². The quantitative estimate of drug-likeness (QED) is 0.648. The minimum atomic E-state index is 0.250. The van der Waals surface area contributed by atoms with Crippen molar-refractivity contribution in [2.75, 3.05) is 32.7 Å². The van der Waals surface area contributed by atoms with Gasteiger partial charge in [0.15, 0.2) is 5.78 Å². The van der Waals surface area contributed by atoms with E-state index >= 15 is 0 Å². The molecule has 1 aliphatic carbocycles. The highest BCUT2D eigenvalue weighted by Crippen LogP contribution is 2.27. The standard InChI is InChI=1S/C23H27N5O/c1-26-16-24-14-23(26)17-2-3-18-13-25-20(11-19(18)10-17)12-22(29)15-27-6-8-28(9-7-27)21-4-5-21/h2-3,10-11,13-14,16,21H,4-9,12,15H2,1H3. The van der Waals surface area contributed by atoms with Gasteiger partial charge >= 0.3 is 0 Å². The Kier molecular flexibility index (Phi) is 4.89. The Morgan fingerprint density at radius 2 is 1.90 bits per heavy atom. The maximum Gasteiger partial charge on any atom is 0.152 e. The van der Waals surface area contributed by atoms with E-state index in [0.717, 1.165) is 59.9 Å². The molecule has 0 radical (unpaired) electrons. The molecular weight excluding hydrogens is 362 g/mol. The van der Waals surface area contributed by atoms with Crippen molar-refractivity contribution in [1.82, 2.24) is 24.3 Å². The summed E-state index contributed by atoms with van der Waals surface area (Å²) in [5.41, 5.74) is 3.04. The van der Waals surface area contributed by atoms with Crippen molar-refractivity contribution in [3.8, 4) is 11.3 Å². The van der Waals surface area contributed by atoms with Crippen LogP contribution in [0.4, 0.5) is 0 Å². The van der Waals surface area contributed by atoms with Crippen LogP contribution in [0.5, 0.6) is 0 Å². The third kappa shape index (κ3) is 4.09. The van der Waals surface area contributed by atoms with E-state index in [1.54, 1.807) is 6.33 Å². The maximum absolute atomic E-state index is 12.6. The normalized spacial score (nSPS) is 18.4. The number of fused-ring (bicyclic) bond motifs is 1. The molecule has 0 N–H and O–H groups in total. The second kappa shape index (κ2) is 7.69. The molecule has 2 fully saturated rings. The number of imidazole rings is 1. The van der Waals surface area contributed by atoms with Gasteiger partial charge in [0.1, 0.15) is 0 Å². The van der Waals surface area contributed by atoms with Crippen molar-refractivity contribution in [3.05, 3.63) is 48.7 Å². The first kappa shape index (κ1) is 18.5. The molecule has 0 atom stereocenters. The molecule has 29 heavy (non-hydrogen) atoms. The third-order valence-corrected chi connectivity index (χ3v) is 6.14. The van der Waals surface area contributed by atoms with Crippen LogP contribution in [-0.4, -0.2) is 68.9 Å². The first-order valence-corrected chi connectivity index (χ1v) is 10.5. The molecule has 3 heterocycles. The van der Waals surface area contributed by atoms with E-state index in [0.29, 0.717) is 13.0 Å². The maximum atomic E-state index is 12.6. The molecule has 6 heteroatoms. The number of rotatable bonds is 6. The topological polar surface area (TPSA) is 54.3 Å². The van der Waals surface area contributed by atoms with Gasteiger partial charge in [0.25, 0.3) is 0 Å². The lowest BCUT2D eigenvalue weighted by atomic mass is 10.0. The van der Waals surface area contributed by atoms with Crippen LogP contribution in [0.2, 0.25) is 0 Å². The summed E-state index contributed by atoms with van der Waals surface area (Å²) in [5.74, 6) is 0.250. The van der Waals surface area contributed by atoms with Gasteiger partial charge in [0.2, 0.25) is 0 Å². The Bertz CT molecular complexity index is 1030. The van der Waals surface area contributed by atoms with Gasteiger partial charge in [0, 0.05) is 62.1 Å². The van der Waals surface area contributed by atoms with Gasteiger partial charge in [-0.05, 0) is 30.4 Å². The molecule has 2 aromatic heterocycles. The molecule has 1 saturated carbocycles. The minimum absolute atomic E-state index is 0.250. The molecule has 0 amide bonds. The summed E-state index contributed by atoms with van der Waals surface area (Å²) in [4.78, 5) is 26.2. The lowest BCUT2D eigenvalue weighted by Crippen LogP contribution is -2.48. The average molecular weight is 390 g/mol. The van der Waals surface area contributed by atoms with Crippen LogP contribution in [0.25, 0.3) is 22.0 Å². The molecule has 2 aliphatic rings. The fraction of sp³-hybridized carbons (Fsp3) is 0.435. The Morgan fingerprint density at radius 1 is 1.07 bits per heavy atom. The molecular formula is C23H27N5O. The van der Waals surface area contributed by atoms with E-state index < -0.39 is 0 Å². The van der Waals surface area contributed by atoms with Crippen LogP contribution in [0.1, 0.15) is 18.5 Å². The van der Waals surface area contributed by atoms with Crippen LogP contribution >= 0.6 is 0 Å². The largest absolute Gasteiger partial charge is 0.334 e. The monoisotopic (exact) mass is 389 g/mol.